The molecule has 3 nitrogen and oxygen atoms in total. The largest absolute Gasteiger partial charge is 0.350 e. The number of halogens is 2. The van der Waals surface area contributed by atoms with Gasteiger partial charge in [0.25, 0.3) is 5.91 Å². The number of amides is 1. The molecule has 124 valence electrons. The standard InChI is InChI=1S/C18H16F2N2OS/c19-13-4-3-12(14(20)7-13)10-22-15-5-6-24-17(15)8-16(22)18(23)21-9-11-1-2-11/h3-8,11H,1-2,9-10H2,(H,21,23). The van der Waals surface area contributed by atoms with E-state index in [9.17, 15) is 13.6 Å². The van der Waals surface area contributed by atoms with Gasteiger partial charge in [-0.2, -0.15) is 0 Å². The third-order valence-electron chi connectivity index (χ3n) is 4.35. The number of carbonyl (C=O) groups is 1. The summed E-state index contributed by atoms with van der Waals surface area (Å²) in [5, 5.41) is 4.89. The van der Waals surface area contributed by atoms with Crippen molar-refractivity contribution < 1.29 is 13.6 Å². The molecular formula is C18H16F2N2OS. The predicted molar refractivity (Wildman–Crippen MR) is 90.3 cm³/mol. The molecule has 0 radical (unpaired) electrons. The first-order chi connectivity index (χ1) is 11.6. The van der Waals surface area contributed by atoms with Crippen LogP contribution in [0.1, 0.15) is 28.9 Å². The summed E-state index contributed by atoms with van der Waals surface area (Å²) in [7, 11) is 0. The zero-order valence-electron chi connectivity index (χ0n) is 12.9. The van der Waals surface area contributed by atoms with E-state index in [1.54, 1.807) is 4.57 Å². The Morgan fingerprint density at radius 2 is 2.08 bits per heavy atom. The molecule has 2 heterocycles. The van der Waals surface area contributed by atoms with Crippen molar-refractivity contribution in [2.75, 3.05) is 6.54 Å². The number of benzene rings is 1. The lowest BCUT2D eigenvalue weighted by molar-refractivity contribution is 0.0943. The summed E-state index contributed by atoms with van der Waals surface area (Å²) in [6.07, 6.45) is 2.33. The number of rotatable bonds is 5. The Morgan fingerprint density at radius 1 is 1.25 bits per heavy atom. The third kappa shape index (κ3) is 2.94. The Balaban J connectivity index is 1.67. The summed E-state index contributed by atoms with van der Waals surface area (Å²) < 4.78 is 29.9. The van der Waals surface area contributed by atoms with Gasteiger partial charge in [-0.15, -0.1) is 11.3 Å². The normalized spacial score (nSPS) is 14.2. The molecular weight excluding hydrogens is 330 g/mol. The van der Waals surface area contributed by atoms with E-state index in [2.05, 4.69) is 5.32 Å². The van der Waals surface area contributed by atoms with Gasteiger partial charge >= 0.3 is 0 Å². The summed E-state index contributed by atoms with van der Waals surface area (Å²) >= 11 is 1.54. The minimum atomic E-state index is -0.605. The maximum absolute atomic E-state index is 14.0. The lowest BCUT2D eigenvalue weighted by atomic mass is 10.2. The van der Waals surface area contributed by atoms with E-state index in [0.717, 1.165) is 29.1 Å². The van der Waals surface area contributed by atoms with Crippen LogP contribution in [0, 0.1) is 17.6 Å². The van der Waals surface area contributed by atoms with Crippen molar-refractivity contribution in [3.63, 3.8) is 0 Å². The number of thiophene rings is 1. The summed E-state index contributed by atoms with van der Waals surface area (Å²) in [6.45, 7) is 0.876. The average molecular weight is 346 g/mol. The second-order valence-corrected chi connectivity index (χ2v) is 7.12. The molecule has 0 bridgehead atoms. The minimum Gasteiger partial charge on any atom is -0.350 e. The van der Waals surface area contributed by atoms with Crippen molar-refractivity contribution in [3.05, 3.63) is 58.6 Å². The molecule has 1 aliphatic rings. The van der Waals surface area contributed by atoms with Gasteiger partial charge in [-0.3, -0.25) is 4.79 Å². The molecule has 0 unspecified atom stereocenters. The van der Waals surface area contributed by atoms with Gasteiger partial charge in [0.1, 0.15) is 17.3 Å². The van der Waals surface area contributed by atoms with Gasteiger partial charge in [-0.05, 0) is 42.3 Å². The van der Waals surface area contributed by atoms with Crippen LogP contribution in [0.3, 0.4) is 0 Å². The van der Waals surface area contributed by atoms with Crippen LogP contribution in [0.15, 0.2) is 35.7 Å². The molecule has 1 aliphatic carbocycles. The molecule has 0 saturated heterocycles. The monoisotopic (exact) mass is 346 g/mol. The highest BCUT2D eigenvalue weighted by molar-refractivity contribution is 7.17. The fourth-order valence-corrected chi connectivity index (χ4v) is 3.63. The van der Waals surface area contributed by atoms with Crippen molar-refractivity contribution >= 4 is 27.5 Å². The van der Waals surface area contributed by atoms with Crippen molar-refractivity contribution in [2.24, 2.45) is 5.92 Å². The Hall–Kier alpha value is -2.21. The van der Waals surface area contributed by atoms with Crippen LogP contribution >= 0.6 is 11.3 Å². The zero-order valence-corrected chi connectivity index (χ0v) is 13.7. The molecule has 0 aliphatic heterocycles. The number of nitrogens with one attached hydrogen (secondary N) is 1. The van der Waals surface area contributed by atoms with Crippen LogP contribution in [0.25, 0.3) is 10.2 Å². The lowest BCUT2D eigenvalue weighted by Crippen LogP contribution is -2.28. The molecule has 1 amide bonds. The predicted octanol–water partition coefficient (Wildman–Crippen LogP) is 4.17. The van der Waals surface area contributed by atoms with Gasteiger partial charge in [-0.1, -0.05) is 6.07 Å². The molecule has 6 heteroatoms. The molecule has 3 aromatic rings. The maximum atomic E-state index is 14.0. The van der Waals surface area contributed by atoms with Crippen molar-refractivity contribution in [2.45, 2.75) is 19.4 Å². The third-order valence-corrected chi connectivity index (χ3v) is 5.20. The first-order valence-corrected chi connectivity index (χ1v) is 8.78. The first kappa shape index (κ1) is 15.3. The van der Waals surface area contributed by atoms with E-state index in [1.807, 2.05) is 17.5 Å². The second kappa shape index (κ2) is 6.02. The van der Waals surface area contributed by atoms with Crippen molar-refractivity contribution in [1.29, 1.82) is 0 Å². The van der Waals surface area contributed by atoms with E-state index in [1.165, 1.54) is 23.5 Å². The summed E-state index contributed by atoms with van der Waals surface area (Å²) in [5.74, 6) is -0.760. The van der Waals surface area contributed by atoms with Gasteiger partial charge in [0.15, 0.2) is 0 Å². The van der Waals surface area contributed by atoms with Crippen LogP contribution in [0.5, 0.6) is 0 Å². The van der Waals surface area contributed by atoms with Gasteiger partial charge in [-0.25, -0.2) is 8.78 Å². The summed E-state index contributed by atoms with van der Waals surface area (Å²) in [5.41, 5.74) is 1.76. The number of fused-ring (bicyclic) bond motifs is 1. The molecule has 1 N–H and O–H groups in total. The molecule has 4 rings (SSSR count). The van der Waals surface area contributed by atoms with Crippen LogP contribution in [0.4, 0.5) is 8.78 Å². The quantitative estimate of drug-likeness (QED) is 0.739. The van der Waals surface area contributed by atoms with Crippen LogP contribution < -0.4 is 5.32 Å². The highest BCUT2D eigenvalue weighted by Crippen LogP contribution is 2.29. The van der Waals surface area contributed by atoms with Crippen LogP contribution in [0.2, 0.25) is 0 Å². The number of nitrogens with zero attached hydrogens (tertiary/aromatic N) is 1. The van der Waals surface area contributed by atoms with Crippen LogP contribution in [-0.2, 0) is 6.54 Å². The Labute approximate surface area is 141 Å². The first-order valence-electron chi connectivity index (χ1n) is 7.90. The van der Waals surface area contributed by atoms with E-state index >= 15 is 0 Å². The van der Waals surface area contributed by atoms with E-state index in [0.29, 0.717) is 23.7 Å². The lowest BCUT2D eigenvalue weighted by Gasteiger charge is -2.11. The second-order valence-electron chi connectivity index (χ2n) is 6.17. The maximum Gasteiger partial charge on any atom is 0.267 e. The average Bonchev–Trinajstić information content (AvgIpc) is 3.16. The van der Waals surface area contributed by atoms with Crippen LogP contribution in [-0.4, -0.2) is 17.0 Å². The summed E-state index contributed by atoms with van der Waals surface area (Å²) in [6, 6.07) is 7.29. The molecule has 0 spiro atoms. The SMILES string of the molecule is O=C(NCC1CC1)c1cc2sccc2n1Cc1ccc(F)cc1F. The van der Waals surface area contributed by atoms with Gasteiger partial charge < -0.3 is 9.88 Å². The smallest absolute Gasteiger partial charge is 0.267 e. The van der Waals surface area contributed by atoms with Crippen molar-refractivity contribution in [1.82, 2.24) is 9.88 Å². The highest BCUT2D eigenvalue weighted by Gasteiger charge is 2.23. The van der Waals surface area contributed by atoms with E-state index in [4.69, 9.17) is 0 Å². The van der Waals surface area contributed by atoms with E-state index in [-0.39, 0.29) is 12.5 Å². The number of hydrogen-bond donors (Lipinski definition) is 1. The van der Waals surface area contributed by atoms with Crippen molar-refractivity contribution in [3.8, 4) is 0 Å². The molecule has 1 aromatic carbocycles. The Bertz CT molecular complexity index is 911. The Morgan fingerprint density at radius 3 is 2.83 bits per heavy atom. The molecule has 1 saturated carbocycles. The molecule has 1 fully saturated rings. The topological polar surface area (TPSA) is 34.0 Å². The van der Waals surface area contributed by atoms with E-state index < -0.39 is 11.6 Å². The number of hydrogen-bond acceptors (Lipinski definition) is 2. The fraction of sp³-hybridized carbons (Fsp3) is 0.278. The van der Waals surface area contributed by atoms with Gasteiger partial charge in [0.2, 0.25) is 0 Å². The fourth-order valence-electron chi connectivity index (χ4n) is 2.81. The molecule has 0 atom stereocenters. The Kier molecular flexibility index (Phi) is 3.84. The molecule has 24 heavy (non-hydrogen) atoms. The van der Waals surface area contributed by atoms with Gasteiger partial charge in [0.05, 0.1) is 16.8 Å². The number of carbonyl (C=O) groups excluding carboxylic acids is 1. The van der Waals surface area contributed by atoms with Gasteiger partial charge in [0, 0.05) is 18.2 Å². The molecule has 2 aromatic heterocycles. The number of aromatic nitrogens is 1. The zero-order chi connectivity index (χ0) is 16.7. The summed E-state index contributed by atoms with van der Waals surface area (Å²) in [4.78, 5) is 12.5. The minimum absolute atomic E-state index is 0.146. The highest BCUT2D eigenvalue weighted by atomic mass is 32.1.